The van der Waals surface area contributed by atoms with Crippen molar-refractivity contribution in [3.8, 4) is 0 Å². The van der Waals surface area contributed by atoms with Crippen LogP contribution in [0.2, 0.25) is 0 Å². The maximum atomic E-state index is 12.7. The van der Waals surface area contributed by atoms with Gasteiger partial charge in [-0.3, -0.25) is 0 Å². The summed E-state index contributed by atoms with van der Waals surface area (Å²) in [5.74, 6) is 0. The highest BCUT2D eigenvalue weighted by Gasteiger charge is 2.40. The van der Waals surface area contributed by atoms with Crippen LogP contribution in [0.25, 0.3) is 0 Å². The van der Waals surface area contributed by atoms with Gasteiger partial charge in [-0.05, 0) is 30.9 Å². The molecule has 1 aromatic rings. The van der Waals surface area contributed by atoms with Crippen LogP contribution < -0.4 is 0 Å². The molecule has 1 aromatic carbocycles. The smallest absolute Gasteiger partial charge is 0.294 e. The first-order valence-electron chi connectivity index (χ1n) is 6.98. The number of aryl methyl sites for hydroxylation is 1. The van der Waals surface area contributed by atoms with Crippen LogP contribution in [-0.2, 0) is 14.9 Å². The number of piperidine rings is 1. The largest absolute Gasteiger partial charge is 0.309 e. The molecule has 1 heterocycles. The average molecular weight is 328 g/mol. The second kappa shape index (κ2) is 5.85. The molecule has 1 aliphatic rings. The van der Waals surface area contributed by atoms with Crippen molar-refractivity contribution in [2.45, 2.75) is 38.2 Å². The van der Waals surface area contributed by atoms with Crippen molar-refractivity contribution in [3.05, 3.63) is 39.9 Å². The topological polar surface area (TPSA) is 89.8 Å². The van der Waals surface area contributed by atoms with Gasteiger partial charge in [0.15, 0.2) is 0 Å². The second-order valence-electron chi connectivity index (χ2n) is 6.43. The predicted molar refractivity (Wildman–Crippen MR) is 80.2 cm³/mol. The summed E-state index contributed by atoms with van der Waals surface area (Å²) in [7, 11) is -3.69. The summed E-state index contributed by atoms with van der Waals surface area (Å²) in [4.78, 5) is 15.4. The molecule has 0 N–H and O–H groups in total. The highest BCUT2D eigenvalue weighted by molar-refractivity contribution is 7.89. The first-order valence-corrected chi connectivity index (χ1v) is 8.42. The van der Waals surface area contributed by atoms with E-state index in [1.807, 2.05) is 20.8 Å². The third kappa shape index (κ3) is 3.75. The van der Waals surface area contributed by atoms with Crippen LogP contribution >= 0.6 is 0 Å². The first kappa shape index (κ1) is 16.7. The van der Waals surface area contributed by atoms with E-state index in [9.17, 15) is 18.5 Å². The third-order valence-electron chi connectivity index (χ3n) is 3.69. The van der Waals surface area contributed by atoms with E-state index in [1.165, 1.54) is 4.31 Å². The van der Waals surface area contributed by atoms with Gasteiger partial charge in [0.2, 0.25) is 10.0 Å². The summed E-state index contributed by atoms with van der Waals surface area (Å²) >= 11 is 0. The Morgan fingerprint density at radius 2 is 1.91 bits per heavy atom. The SMILES string of the molecule is Cc1ccc(S(=O)(=O)N2CC(O[N+](=O)[O-])CC(C)(C)C2)cc1. The number of rotatable bonds is 4. The lowest BCUT2D eigenvalue weighted by molar-refractivity contribution is -0.769. The quantitative estimate of drug-likeness (QED) is 0.623. The monoisotopic (exact) mass is 328 g/mol. The summed E-state index contributed by atoms with van der Waals surface area (Å²) in [6.45, 7) is 5.92. The van der Waals surface area contributed by atoms with Crippen LogP contribution in [0.5, 0.6) is 0 Å². The van der Waals surface area contributed by atoms with Gasteiger partial charge >= 0.3 is 0 Å². The fourth-order valence-electron chi connectivity index (χ4n) is 2.75. The zero-order chi connectivity index (χ0) is 16.5. The minimum Gasteiger partial charge on any atom is -0.309 e. The molecule has 1 fully saturated rings. The van der Waals surface area contributed by atoms with Crippen molar-refractivity contribution < 1.29 is 18.3 Å². The summed E-state index contributed by atoms with van der Waals surface area (Å²) < 4.78 is 26.7. The van der Waals surface area contributed by atoms with Crippen molar-refractivity contribution in [1.82, 2.24) is 4.31 Å². The van der Waals surface area contributed by atoms with E-state index < -0.39 is 26.6 Å². The Balaban J connectivity index is 2.28. The molecule has 0 saturated carbocycles. The van der Waals surface area contributed by atoms with E-state index >= 15 is 0 Å². The van der Waals surface area contributed by atoms with Crippen molar-refractivity contribution in [1.29, 1.82) is 0 Å². The van der Waals surface area contributed by atoms with Gasteiger partial charge in [0, 0.05) is 13.1 Å². The van der Waals surface area contributed by atoms with Gasteiger partial charge in [-0.2, -0.15) is 4.31 Å². The van der Waals surface area contributed by atoms with Crippen LogP contribution in [-0.4, -0.2) is 37.0 Å². The molecule has 0 radical (unpaired) electrons. The van der Waals surface area contributed by atoms with Crippen LogP contribution in [0.1, 0.15) is 25.8 Å². The molecule has 1 atom stereocenters. The highest BCUT2D eigenvalue weighted by atomic mass is 32.2. The average Bonchev–Trinajstić information content (AvgIpc) is 2.36. The first-order chi connectivity index (χ1) is 10.1. The Morgan fingerprint density at radius 3 is 2.45 bits per heavy atom. The molecule has 7 nitrogen and oxygen atoms in total. The molecule has 22 heavy (non-hydrogen) atoms. The molecular weight excluding hydrogens is 308 g/mol. The number of benzene rings is 1. The van der Waals surface area contributed by atoms with Gasteiger partial charge in [0.25, 0.3) is 5.09 Å². The molecule has 1 aliphatic heterocycles. The number of nitrogens with zero attached hydrogens (tertiary/aromatic N) is 2. The molecule has 2 rings (SSSR count). The summed E-state index contributed by atoms with van der Waals surface area (Å²) in [6.07, 6.45) is -0.313. The Kier molecular flexibility index (Phi) is 4.44. The van der Waals surface area contributed by atoms with E-state index in [-0.39, 0.29) is 11.4 Å². The van der Waals surface area contributed by atoms with Gasteiger partial charge < -0.3 is 4.84 Å². The van der Waals surface area contributed by atoms with E-state index in [1.54, 1.807) is 24.3 Å². The molecule has 0 aliphatic carbocycles. The van der Waals surface area contributed by atoms with E-state index in [0.29, 0.717) is 13.0 Å². The lowest BCUT2D eigenvalue weighted by atomic mass is 9.84. The van der Waals surface area contributed by atoms with E-state index in [2.05, 4.69) is 4.84 Å². The third-order valence-corrected chi connectivity index (χ3v) is 5.51. The Bertz CT molecular complexity index is 654. The molecule has 0 aromatic heterocycles. The van der Waals surface area contributed by atoms with Gasteiger partial charge in [0.1, 0.15) is 6.10 Å². The molecule has 1 unspecified atom stereocenters. The van der Waals surface area contributed by atoms with E-state index in [4.69, 9.17) is 0 Å². The molecule has 0 amide bonds. The van der Waals surface area contributed by atoms with Gasteiger partial charge in [-0.25, -0.2) is 8.42 Å². The van der Waals surface area contributed by atoms with E-state index in [0.717, 1.165) is 5.56 Å². The Labute approximate surface area is 130 Å². The number of hydrogen-bond donors (Lipinski definition) is 0. The molecular formula is C14H20N2O5S. The van der Waals surface area contributed by atoms with Gasteiger partial charge in [-0.15, -0.1) is 10.1 Å². The lowest BCUT2D eigenvalue weighted by Crippen LogP contribution is -2.50. The van der Waals surface area contributed by atoms with Gasteiger partial charge in [-0.1, -0.05) is 31.5 Å². The molecule has 0 spiro atoms. The van der Waals surface area contributed by atoms with Crippen molar-refractivity contribution >= 4 is 10.0 Å². The van der Waals surface area contributed by atoms with Crippen LogP contribution in [0.4, 0.5) is 0 Å². The zero-order valence-electron chi connectivity index (χ0n) is 12.9. The molecule has 0 bridgehead atoms. The summed E-state index contributed by atoms with van der Waals surface area (Å²) in [5, 5.41) is 9.70. The Morgan fingerprint density at radius 1 is 1.32 bits per heavy atom. The maximum absolute atomic E-state index is 12.7. The Hall–Kier alpha value is -1.67. The fourth-order valence-corrected chi connectivity index (χ4v) is 4.41. The minimum absolute atomic E-state index is 0.0133. The second-order valence-corrected chi connectivity index (χ2v) is 8.37. The van der Waals surface area contributed by atoms with Crippen LogP contribution in [0, 0.1) is 22.5 Å². The van der Waals surface area contributed by atoms with Crippen molar-refractivity contribution in [2.75, 3.05) is 13.1 Å². The van der Waals surface area contributed by atoms with Gasteiger partial charge in [0.05, 0.1) is 4.90 Å². The van der Waals surface area contributed by atoms with Crippen LogP contribution in [0.3, 0.4) is 0 Å². The molecule has 8 heteroatoms. The minimum atomic E-state index is -3.69. The number of hydrogen-bond acceptors (Lipinski definition) is 5. The summed E-state index contributed by atoms with van der Waals surface area (Å²) in [5.41, 5.74) is 0.573. The fraction of sp³-hybridized carbons (Fsp3) is 0.571. The maximum Gasteiger partial charge on any atom is 0.294 e. The van der Waals surface area contributed by atoms with Crippen LogP contribution in [0.15, 0.2) is 29.2 Å². The normalized spacial score (nSPS) is 22.2. The number of sulfonamides is 1. The molecule has 122 valence electrons. The van der Waals surface area contributed by atoms with Crippen molar-refractivity contribution in [3.63, 3.8) is 0 Å². The molecule has 1 saturated heterocycles. The summed E-state index contributed by atoms with van der Waals surface area (Å²) in [6, 6.07) is 6.56. The standard InChI is InChI=1S/C14H20N2O5S/c1-11-4-6-13(7-5-11)22(19,20)15-9-12(21-16(17)18)8-14(2,3)10-15/h4-7,12H,8-10H2,1-3H3. The highest BCUT2D eigenvalue weighted by Crippen LogP contribution is 2.33. The zero-order valence-corrected chi connectivity index (χ0v) is 13.7. The van der Waals surface area contributed by atoms with Crippen molar-refractivity contribution in [2.24, 2.45) is 5.41 Å². The lowest BCUT2D eigenvalue weighted by Gasteiger charge is -2.40. The predicted octanol–water partition coefficient (Wildman–Crippen LogP) is 1.99.